The van der Waals surface area contributed by atoms with Gasteiger partial charge in [-0.25, -0.2) is 0 Å². The molecule has 5 N–H and O–H groups in total. The number of hydrogen-bond acceptors (Lipinski definition) is 9. The quantitative estimate of drug-likeness (QED) is 0.0558. The number of phenolic OH excluding ortho intramolecular Hbond substituents is 1. The molecule has 60 heavy (non-hydrogen) atoms. The number of pyridine rings is 1. The van der Waals surface area contributed by atoms with Gasteiger partial charge in [-0.15, -0.1) is 0 Å². The second-order valence-corrected chi connectivity index (χ2v) is 17.2. The summed E-state index contributed by atoms with van der Waals surface area (Å²) in [6.07, 6.45) is 9.94. The summed E-state index contributed by atoms with van der Waals surface area (Å²) in [5.41, 5.74) is 3.88. The summed E-state index contributed by atoms with van der Waals surface area (Å²) >= 11 is 0. The number of aromatic hydroxyl groups is 1. The minimum Gasteiger partial charge on any atom is -0.506 e. The lowest BCUT2D eigenvalue weighted by atomic mass is 9.69. The second kappa shape index (κ2) is 20.0. The maximum absolute atomic E-state index is 14.0. The van der Waals surface area contributed by atoms with Crippen LogP contribution in [0, 0.1) is 5.92 Å². The van der Waals surface area contributed by atoms with Crippen molar-refractivity contribution in [2.24, 2.45) is 5.92 Å². The minimum absolute atomic E-state index is 0.00855. The summed E-state index contributed by atoms with van der Waals surface area (Å²) in [5, 5.41) is 27.7. The molecule has 1 saturated carbocycles. The third-order valence-electron chi connectivity index (χ3n) is 13.0. The number of H-pyrrole nitrogens is 1. The van der Waals surface area contributed by atoms with Crippen LogP contribution in [0.1, 0.15) is 105 Å². The zero-order chi connectivity index (χ0) is 42.1. The van der Waals surface area contributed by atoms with E-state index in [-0.39, 0.29) is 41.7 Å². The van der Waals surface area contributed by atoms with Crippen LogP contribution in [-0.4, -0.2) is 88.7 Å². The molecule has 4 aromatic rings. The van der Waals surface area contributed by atoms with Gasteiger partial charge in [0.2, 0.25) is 17.4 Å². The van der Waals surface area contributed by atoms with Gasteiger partial charge in [0.15, 0.2) is 0 Å². The monoisotopic (exact) mass is 819 g/mol. The number of ether oxygens (including phenoxy) is 1. The van der Waals surface area contributed by atoms with Crippen LogP contribution in [0.4, 0.5) is 5.69 Å². The Labute approximate surface area is 352 Å². The molecule has 4 heterocycles. The molecule has 1 unspecified atom stereocenters. The lowest BCUT2D eigenvalue weighted by Gasteiger charge is -2.45. The molecule has 4 fully saturated rings. The largest absolute Gasteiger partial charge is 0.506 e. The van der Waals surface area contributed by atoms with Gasteiger partial charge >= 0.3 is 5.97 Å². The number of benzene rings is 3. The molecule has 4 aliphatic rings. The van der Waals surface area contributed by atoms with E-state index in [0.717, 1.165) is 101 Å². The van der Waals surface area contributed by atoms with Gasteiger partial charge in [0.25, 0.3) is 0 Å². The number of carbonyl (C=O) groups is 3. The van der Waals surface area contributed by atoms with Gasteiger partial charge in [-0.1, -0.05) is 61.7 Å². The summed E-state index contributed by atoms with van der Waals surface area (Å²) in [7, 11) is 1.83. The van der Waals surface area contributed by atoms with Gasteiger partial charge in [-0.2, -0.15) is 0 Å². The van der Waals surface area contributed by atoms with Crippen LogP contribution in [-0.2, 0) is 37.5 Å². The van der Waals surface area contributed by atoms with Gasteiger partial charge in [0.1, 0.15) is 11.9 Å². The standard InChI is InChI=1S/C48H61N5O7/c1-52(45(58)13-8-10-33-9-7-11-36(29-33)48(24-4-2-5-25-48)47(59)60-42-32-53-27-22-35(42)23-28-53)26-6-3-12-43(56)50-37-16-14-34(15-17-37)30-49-31-41(55)38-18-20-40(54)46-39(38)19-21-44(57)51-46/h7,9,11,14-21,29,35,41-42,49,54-55H,2-6,8,10,12-13,22-28,30-32H2,1H3,(H,50,56)(H,51,57)/t41?,42-/m0/s1. The molecule has 0 spiro atoms. The van der Waals surface area contributed by atoms with Gasteiger partial charge in [0, 0.05) is 63.2 Å². The first-order valence-corrected chi connectivity index (χ1v) is 22.0. The third kappa shape index (κ3) is 10.6. The number of aromatic amines is 1. The predicted octanol–water partition coefficient (Wildman–Crippen LogP) is 6.49. The van der Waals surface area contributed by atoms with Gasteiger partial charge in [-0.3, -0.25) is 24.1 Å². The number of aliphatic hydroxyl groups is 1. The molecular formula is C48H61N5O7. The first-order valence-electron chi connectivity index (χ1n) is 22.0. The number of piperidine rings is 3. The Kier molecular flexibility index (Phi) is 14.4. The number of fused-ring (bicyclic) bond motifs is 4. The van der Waals surface area contributed by atoms with E-state index in [0.29, 0.717) is 60.4 Å². The summed E-state index contributed by atoms with van der Waals surface area (Å²) in [5.74, 6) is 0.412. The number of nitrogens with zero attached hydrogens (tertiary/aromatic N) is 2. The van der Waals surface area contributed by atoms with E-state index in [1.54, 1.807) is 17.0 Å². The summed E-state index contributed by atoms with van der Waals surface area (Å²) < 4.78 is 6.35. The van der Waals surface area contributed by atoms with E-state index < -0.39 is 11.5 Å². The highest BCUT2D eigenvalue weighted by molar-refractivity contribution is 5.90. The minimum atomic E-state index is -0.858. The number of aryl methyl sites for hydroxylation is 1. The Hall–Kier alpha value is -5.04. The molecule has 1 aromatic heterocycles. The Morgan fingerprint density at radius 1 is 0.933 bits per heavy atom. The molecule has 320 valence electrons. The Morgan fingerprint density at radius 3 is 2.47 bits per heavy atom. The lowest BCUT2D eigenvalue weighted by Crippen LogP contribution is -2.53. The topological polar surface area (TPSA) is 164 Å². The van der Waals surface area contributed by atoms with Crippen LogP contribution in [0.3, 0.4) is 0 Å². The molecule has 1 aliphatic carbocycles. The fraction of sp³-hybridized carbons (Fsp3) is 0.500. The van der Waals surface area contributed by atoms with Crippen molar-refractivity contribution in [3.8, 4) is 5.75 Å². The van der Waals surface area contributed by atoms with Gasteiger partial charge in [0.05, 0.1) is 17.0 Å². The Morgan fingerprint density at radius 2 is 1.72 bits per heavy atom. The average Bonchev–Trinajstić information content (AvgIpc) is 3.26. The zero-order valence-corrected chi connectivity index (χ0v) is 34.9. The number of amides is 2. The van der Waals surface area contributed by atoms with Crippen LogP contribution in [0.2, 0.25) is 0 Å². The second-order valence-electron chi connectivity index (χ2n) is 17.2. The van der Waals surface area contributed by atoms with Crippen molar-refractivity contribution in [3.05, 3.63) is 105 Å². The number of aliphatic hydroxyl groups excluding tert-OH is 1. The van der Waals surface area contributed by atoms with E-state index in [1.165, 1.54) is 12.1 Å². The van der Waals surface area contributed by atoms with E-state index in [1.807, 2.05) is 31.3 Å². The molecular weight excluding hydrogens is 759 g/mol. The summed E-state index contributed by atoms with van der Waals surface area (Å²) in [4.78, 5) is 58.2. The Bertz CT molecular complexity index is 2160. The first-order chi connectivity index (χ1) is 29.1. The van der Waals surface area contributed by atoms with Crippen LogP contribution in [0.25, 0.3) is 10.9 Å². The third-order valence-corrected chi connectivity index (χ3v) is 13.0. The average molecular weight is 820 g/mol. The molecule has 3 saturated heterocycles. The molecule has 2 amide bonds. The molecule has 2 atom stereocenters. The molecule has 12 heteroatoms. The fourth-order valence-corrected chi connectivity index (χ4v) is 9.42. The lowest BCUT2D eigenvalue weighted by molar-refractivity contribution is -0.167. The summed E-state index contributed by atoms with van der Waals surface area (Å²) in [6.45, 7) is 4.45. The molecule has 3 aliphatic heterocycles. The smallest absolute Gasteiger partial charge is 0.316 e. The van der Waals surface area contributed by atoms with Gasteiger partial charge < -0.3 is 35.5 Å². The predicted molar refractivity (Wildman–Crippen MR) is 233 cm³/mol. The van der Waals surface area contributed by atoms with Crippen LogP contribution >= 0.6 is 0 Å². The maximum Gasteiger partial charge on any atom is 0.316 e. The van der Waals surface area contributed by atoms with Gasteiger partial charge in [-0.05, 0) is 117 Å². The zero-order valence-electron chi connectivity index (χ0n) is 34.9. The van der Waals surface area contributed by atoms with E-state index in [2.05, 4.69) is 44.8 Å². The van der Waals surface area contributed by atoms with Crippen molar-refractivity contribution in [2.45, 2.75) is 108 Å². The molecule has 2 bridgehead atoms. The molecule has 0 radical (unpaired) electrons. The number of unbranched alkanes of at least 4 members (excludes halogenated alkanes) is 1. The van der Waals surface area contributed by atoms with Crippen molar-refractivity contribution in [1.29, 1.82) is 0 Å². The number of hydrogen-bond donors (Lipinski definition) is 5. The normalized spacial score (nSPS) is 20.1. The van der Waals surface area contributed by atoms with Crippen LogP contribution in [0.5, 0.6) is 5.75 Å². The summed E-state index contributed by atoms with van der Waals surface area (Å²) in [6, 6.07) is 22.0. The highest BCUT2D eigenvalue weighted by atomic mass is 16.5. The number of rotatable bonds is 18. The van der Waals surface area contributed by atoms with Crippen LogP contribution < -0.4 is 16.2 Å². The van der Waals surface area contributed by atoms with Crippen molar-refractivity contribution in [2.75, 3.05) is 45.1 Å². The number of anilines is 1. The first kappa shape index (κ1) is 43.1. The van der Waals surface area contributed by atoms with E-state index >= 15 is 0 Å². The van der Waals surface area contributed by atoms with E-state index in [9.17, 15) is 29.4 Å². The molecule has 3 aromatic carbocycles. The highest BCUT2D eigenvalue weighted by Gasteiger charge is 2.46. The molecule has 8 rings (SSSR count). The van der Waals surface area contributed by atoms with Crippen molar-refractivity contribution in [1.82, 2.24) is 20.1 Å². The van der Waals surface area contributed by atoms with Crippen molar-refractivity contribution < 1.29 is 29.3 Å². The van der Waals surface area contributed by atoms with Crippen LogP contribution in [0.15, 0.2) is 77.6 Å². The number of phenols is 1. The van der Waals surface area contributed by atoms with Crippen molar-refractivity contribution >= 4 is 34.4 Å². The SMILES string of the molecule is CN(CCCCC(=O)Nc1ccc(CNCC(O)c2ccc(O)c3[nH]c(=O)ccc23)cc1)C(=O)CCCc1cccc(C2(C(=O)O[C@H]3CN4CCC3CC4)CCCCC2)c1. The fourth-order valence-electron chi connectivity index (χ4n) is 9.42. The molecule has 12 nitrogen and oxygen atoms in total. The number of aromatic nitrogens is 1. The Balaban J connectivity index is 0.788. The van der Waals surface area contributed by atoms with Crippen molar-refractivity contribution in [3.63, 3.8) is 0 Å². The highest BCUT2D eigenvalue weighted by Crippen LogP contribution is 2.42. The van der Waals surface area contributed by atoms with E-state index in [4.69, 9.17) is 4.74 Å². The number of nitrogens with one attached hydrogen (secondary N) is 3. The number of carbonyl (C=O) groups excluding carboxylic acids is 3. The maximum atomic E-state index is 14.0. The number of esters is 1.